The van der Waals surface area contributed by atoms with Crippen LogP contribution in [0.25, 0.3) is 6.08 Å². The van der Waals surface area contributed by atoms with Crippen molar-refractivity contribution in [1.29, 1.82) is 0 Å². The van der Waals surface area contributed by atoms with Crippen molar-refractivity contribution in [2.75, 3.05) is 25.0 Å². The maximum atomic E-state index is 14.1. The van der Waals surface area contributed by atoms with Crippen molar-refractivity contribution in [2.45, 2.75) is 13.3 Å². The van der Waals surface area contributed by atoms with Crippen LogP contribution in [0.2, 0.25) is 0 Å². The number of carboxylic acid groups (broad SMARTS) is 1. The van der Waals surface area contributed by atoms with Gasteiger partial charge in [0.25, 0.3) is 0 Å². The molecule has 0 heterocycles. The third kappa shape index (κ3) is 4.91. The minimum Gasteiger partial charge on any atom is -0.478 e. The first-order chi connectivity index (χ1) is 9.99. The molecule has 2 N–H and O–H groups in total. The summed E-state index contributed by atoms with van der Waals surface area (Å²) in [6, 6.07) is 4.41. The molecule has 0 saturated carbocycles. The SMILES string of the molecule is CCCN(CC(=O)NC)c1c(F)cccc1/C=C/C(=O)O. The summed E-state index contributed by atoms with van der Waals surface area (Å²) in [4.78, 5) is 23.8. The number of carbonyl (C=O) groups excluding carboxylic acids is 1. The van der Waals surface area contributed by atoms with Gasteiger partial charge in [0.2, 0.25) is 5.91 Å². The standard InChI is InChI=1S/C15H19FN2O3/c1-3-9-18(10-13(19)17-2)15-11(7-8-14(20)21)5-4-6-12(15)16/h4-8H,3,9-10H2,1-2H3,(H,17,19)(H,20,21)/b8-7+. The van der Waals surface area contributed by atoms with E-state index in [4.69, 9.17) is 5.11 Å². The number of nitrogens with zero attached hydrogens (tertiary/aromatic N) is 1. The fourth-order valence-electron chi connectivity index (χ4n) is 1.95. The molecule has 6 heteroatoms. The molecule has 0 fully saturated rings. The Labute approximate surface area is 123 Å². The van der Waals surface area contributed by atoms with Crippen LogP contribution in [0.5, 0.6) is 0 Å². The normalized spacial score (nSPS) is 10.6. The molecule has 21 heavy (non-hydrogen) atoms. The van der Waals surface area contributed by atoms with Gasteiger partial charge in [0, 0.05) is 25.2 Å². The Bertz CT molecular complexity index is 544. The number of hydrogen-bond acceptors (Lipinski definition) is 3. The highest BCUT2D eigenvalue weighted by Gasteiger charge is 2.17. The fraction of sp³-hybridized carbons (Fsp3) is 0.333. The Morgan fingerprint density at radius 1 is 1.43 bits per heavy atom. The van der Waals surface area contributed by atoms with Crippen molar-refractivity contribution in [3.63, 3.8) is 0 Å². The lowest BCUT2D eigenvalue weighted by molar-refractivity contribution is -0.131. The number of likely N-dealkylation sites (N-methyl/N-ethyl adjacent to an activating group) is 1. The van der Waals surface area contributed by atoms with Gasteiger partial charge in [0.15, 0.2) is 0 Å². The molecule has 0 bridgehead atoms. The molecule has 0 aliphatic heterocycles. The number of benzene rings is 1. The Balaban J connectivity index is 3.21. The van der Waals surface area contributed by atoms with Gasteiger partial charge in [-0.2, -0.15) is 0 Å². The zero-order valence-corrected chi connectivity index (χ0v) is 12.1. The number of para-hydroxylation sites is 1. The summed E-state index contributed by atoms with van der Waals surface area (Å²) < 4.78 is 14.1. The van der Waals surface area contributed by atoms with Crippen LogP contribution in [0, 0.1) is 5.82 Å². The number of halogens is 1. The highest BCUT2D eigenvalue weighted by molar-refractivity contribution is 5.88. The maximum absolute atomic E-state index is 14.1. The summed E-state index contributed by atoms with van der Waals surface area (Å²) in [7, 11) is 1.51. The van der Waals surface area contributed by atoms with Gasteiger partial charge in [0.05, 0.1) is 12.2 Å². The van der Waals surface area contributed by atoms with E-state index in [-0.39, 0.29) is 18.1 Å². The van der Waals surface area contributed by atoms with E-state index in [1.165, 1.54) is 25.3 Å². The number of amides is 1. The number of anilines is 1. The maximum Gasteiger partial charge on any atom is 0.328 e. The van der Waals surface area contributed by atoms with E-state index in [0.717, 1.165) is 12.5 Å². The first kappa shape index (κ1) is 16.7. The van der Waals surface area contributed by atoms with Crippen LogP contribution in [0.1, 0.15) is 18.9 Å². The predicted octanol–water partition coefficient (Wildman–Crippen LogP) is 1.89. The molecule has 0 atom stereocenters. The van der Waals surface area contributed by atoms with Gasteiger partial charge in [-0.25, -0.2) is 9.18 Å². The van der Waals surface area contributed by atoms with E-state index in [1.54, 1.807) is 11.0 Å². The fourth-order valence-corrected chi connectivity index (χ4v) is 1.95. The smallest absolute Gasteiger partial charge is 0.328 e. The average molecular weight is 294 g/mol. The van der Waals surface area contributed by atoms with Crippen molar-refractivity contribution in [1.82, 2.24) is 5.32 Å². The third-order valence-electron chi connectivity index (χ3n) is 2.85. The Kier molecular flexibility index (Phi) is 6.39. The quantitative estimate of drug-likeness (QED) is 0.753. The van der Waals surface area contributed by atoms with Crippen LogP contribution >= 0.6 is 0 Å². The van der Waals surface area contributed by atoms with Crippen molar-refractivity contribution >= 4 is 23.6 Å². The molecular weight excluding hydrogens is 275 g/mol. The lowest BCUT2D eigenvalue weighted by atomic mass is 10.1. The molecule has 0 aromatic heterocycles. The molecule has 1 rings (SSSR count). The highest BCUT2D eigenvalue weighted by atomic mass is 19.1. The lowest BCUT2D eigenvalue weighted by Gasteiger charge is -2.25. The molecule has 0 aliphatic carbocycles. The topological polar surface area (TPSA) is 69.6 Å². The number of rotatable bonds is 7. The van der Waals surface area contributed by atoms with E-state index >= 15 is 0 Å². The van der Waals surface area contributed by atoms with E-state index < -0.39 is 11.8 Å². The van der Waals surface area contributed by atoms with E-state index in [1.807, 2.05) is 6.92 Å². The molecule has 1 aromatic rings. The Morgan fingerprint density at radius 2 is 2.14 bits per heavy atom. The molecule has 0 radical (unpaired) electrons. The summed E-state index contributed by atoms with van der Waals surface area (Å²) in [6.07, 6.45) is 3.00. The second kappa shape index (κ2) is 8.04. The predicted molar refractivity (Wildman–Crippen MR) is 79.6 cm³/mol. The van der Waals surface area contributed by atoms with Crippen LogP contribution in [0.3, 0.4) is 0 Å². The largest absolute Gasteiger partial charge is 0.478 e. The van der Waals surface area contributed by atoms with Gasteiger partial charge in [-0.3, -0.25) is 4.79 Å². The van der Waals surface area contributed by atoms with Crippen LogP contribution in [0.4, 0.5) is 10.1 Å². The van der Waals surface area contributed by atoms with Crippen molar-refractivity contribution in [3.8, 4) is 0 Å². The van der Waals surface area contributed by atoms with E-state index in [2.05, 4.69) is 5.32 Å². The zero-order valence-electron chi connectivity index (χ0n) is 12.1. The van der Waals surface area contributed by atoms with Gasteiger partial charge in [0.1, 0.15) is 5.82 Å². The molecule has 1 aromatic carbocycles. The number of carbonyl (C=O) groups is 2. The molecule has 0 aliphatic rings. The number of carboxylic acids is 1. The molecule has 5 nitrogen and oxygen atoms in total. The molecule has 0 saturated heterocycles. The first-order valence-corrected chi connectivity index (χ1v) is 6.64. The average Bonchev–Trinajstić information content (AvgIpc) is 2.44. The van der Waals surface area contributed by atoms with Gasteiger partial charge in [-0.15, -0.1) is 0 Å². The highest BCUT2D eigenvalue weighted by Crippen LogP contribution is 2.26. The Hall–Kier alpha value is -2.37. The Morgan fingerprint density at radius 3 is 2.71 bits per heavy atom. The number of aliphatic carboxylic acids is 1. The van der Waals surface area contributed by atoms with Gasteiger partial charge >= 0.3 is 5.97 Å². The van der Waals surface area contributed by atoms with E-state index in [0.29, 0.717) is 12.1 Å². The van der Waals surface area contributed by atoms with Crippen molar-refractivity contribution < 1.29 is 19.1 Å². The summed E-state index contributed by atoms with van der Waals surface area (Å²) in [5.74, 6) is -1.83. The monoisotopic (exact) mass is 294 g/mol. The van der Waals surface area contributed by atoms with Gasteiger partial charge < -0.3 is 15.3 Å². The molecular formula is C15H19FN2O3. The second-order valence-electron chi connectivity index (χ2n) is 4.44. The number of hydrogen-bond donors (Lipinski definition) is 2. The van der Waals surface area contributed by atoms with Crippen molar-refractivity contribution in [3.05, 3.63) is 35.7 Å². The van der Waals surface area contributed by atoms with Gasteiger partial charge in [-0.05, 0) is 18.6 Å². The number of nitrogens with one attached hydrogen (secondary N) is 1. The molecule has 114 valence electrons. The van der Waals surface area contributed by atoms with Crippen LogP contribution in [-0.4, -0.2) is 37.1 Å². The summed E-state index contributed by atoms with van der Waals surface area (Å²) in [5.41, 5.74) is 0.662. The lowest BCUT2D eigenvalue weighted by Crippen LogP contribution is -2.37. The summed E-state index contributed by atoms with van der Waals surface area (Å²) >= 11 is 0. The summed E-state index contributed by atoms with van der Waals surface area (Å²) in [5, 5.41) is 11.2. The molecule has 0 unspecified atom stereocenters. The molecule has 0 spiro atoms. The first-order valence-electron chi connectivity index (χ1n) is 6.64. The summed E-state index contributed by atoms with van der Waals surface area (Å²) in [6.45, 7) is 2.42. The zero-order chi connectivity index (χ0) is 15.8. The molecule has 1 amide bonds. The van der Waals surface area contributed by atoms with Gasteiger partial charge in [-0.1, -0.05) is 19.1 Å². The van der Waals surface area contributed by atoms with Crippen LogP contribution < -0.4 is 10.2 Å². The van der Waals surface area contributed by atoms with Crippen molar-refractivity contribution in [2.24, 2.45) is 0 Å². The second-order valence-corrected chi connectivity index (χ2v) is 4.44. The minimum atomic E-state index is -1.11. The van der Waals surface area contributed by atoms with E-state index in [9.17, 15) is 14.0 Å². The minimum absolute atomic E-state index is 0.0131. The van der Waals surface area contributed by atoms with Crippen LogP contribution in [-0.2, 0) is 9.59 Å². The van der Waals surface area contributed by atoms with Crippen LogP contribution in [0.15, 0.2) is 24.3 Å². The third-order valence-corrected chi connectivity index (χ3v) is 2.85.